The molecule has 0 aliphatic rings. The van der Waals surface area contributed by atoms with Crippen LogP contribution in [0.4, 0.5) is 17.1 Å². The molecule has 5 heteroatoms. The molecule has 0 aliphatic carbocycles. The van der Waals surface area contributed by atoms with Gasteiger partial charge in [0.1, 0.15) is 0 Å². The van der Waals surface area contributed by atoms with Crippen molar-refractivity contribution in [2.24, 2.45) is 0 Å². The summed E-state index contributed by atoms with van der Waals surface area (Å²) in [6.45, 7) is 2.18. The lowest BCUT2D eigenvalue weighted by Gasteiger charge is -2.28. The van der Waals surface area contributed by atoms with Crippen LogP contribution in [0.2, 0.25) is 0 Å². The molecule has 0 N–H and O–H groups in total. The molecule has 9 rings (SSSR count). The highest BCUT2D eigenvalue weighted by Gasteiger charge is 2.24. The lowest BCUT2D eigenvalue weighted by Crippen LogP contribution is -2.12. The third-order valence-electron chi connectivity index (χ3n) is 9.38. The summed E-state index contributed by atoms with van der Waals surface area (Å²) in [5.41, 5.74) is 10.6. The van der Waals surface area contributed by atoms with Gasteiger partial charge in [-0.15, -0.1) is 0 Å². The lowest BCUT2D eigenvalue weighted by atomic mass is 9.95. The number of rotatable bonds is 7. The van der Waals surface area contributed by atoms with Gasteiger partial charge in [-0.05, 0) is 60.5 Å². The SMILES string of the molecule is Cc1ccccc1-c1cc2c3ccccc3n(-c3nc(-c4ccccc4)nc(-c4ccccc4)n3)c2cc1N(c1ccccc1)c1ccccc1. The Morgan fingerprint density at radius 2 is 0.941 bits per heavy atom. The van der Waals surface area contributed by atoms with E-state index in [4.69, 9.17) is 15.0 Å². The fraction of sp³-hybridized carbons (Fsp3) is 0.0217. The van der Waals surface area contributed by atoms with Crippen molar-refractivity contribution < 1.29 is 0 Å². The Morgan fingerprint density at radius 3 is 1.53 bits per heavy atom. The second-order valence-electron chi connectivity index (χ2n) is 12.6. The fourth-order valence-electron chi connectivity index (χ4n) is 6.97. The van der Waals surface area contributed by atoms with E-state index in [1.165, 1.54) is 11.1 Å². The van der Waals surface area contributed by atoms with Gasteiger partial charge in [0.2, 0.25) is 5.95 Å². The highest BCUT2D eigenvalue weighted by Crippen LogP contribution is 2.45. The number of benzene rings is 7. The summed E-state index contributed by atoms with van der Waals surface area (Å²) in [4.78, 5) is 17.7. The van der Waals surface area contributed by atoms with Crippen molar-refractivity contribution in [2.45, 2.75) is 6.92 Å². The third kappa shape index (κ3) is 5.51. The molecule has 0 saturated carbocycles. The van der Waals surface area contributed by atoms with Crippen LogP contribution in [-0.2, 0) is 0 Å². The number of aryl methyl sites for hydroxylation is 1. The number of aromatic nitrogens is 4. The Hall–Kier alpha value is -6.85. The lowest BCUT2D eigenvalue weighted by molar-refractivity contribution is 0.953. The minimum Gasteiger partial charge on any atom is -0.310 e. The fourth-order valence-corrected chi connectivity index (χ4v) is 6.97. The summed E-state index contributed by atoms with van der Waals surface area (Å²) >= 11 is 0. The molecule has 0 saturated heterocycles. The predicted octanol–water partition coefficient (Wildman–Crippen LogP) is 11.7. The van der Waals surface area contributed by atoms with Crippen molar-refractivity contribution in [2.75, 3.05) is 4.90 Å². The maximum Gasteiger partial charge on any atom is 0.238 e. The molecule has 0 atom stereocenters. The van der Waals surface area contributed by atoms with Gasteiger partial charge >= 0.3 is 0 Å². The summed E-state index contributed by atoms with van der Waals surface area (Å²) in [6.07, 6.45) is 0. The van der Waals surface area contributed by atoms with Gasteiger partial charge in [0.25, 0.3) is 0 Å². The van der Waals surface area contributed by atoms with Gasteiger partial charge in [0, 0.05) is 38.8 Å². The molecule has 0 aliphatic heterocycles. The second kappa shape index (κ2) is 12.9. The molecule has 0 bridgehead atoms. The van der Waals surface area contributed by atoms with E-state index in [9.17, 15) is 0 Å². The van der Waals surface area contributed by atoms with Crippen LogP contribution in [0, 0.1) is 6.92 Å². The normalized spacial score (nSPS) is 11.2. The summed E-state index contributed by atoms with van der Waals surface area (Å²) in [5, 5.41) is 2.25. The summed E-state index contributed by atoms with van der Waals surface area (Å²) in [5.74, 6) is 1.81. The molecular weight excluding hydrogens is 623 g/mol. The predicted molar refractivity (Wildman–Crippen MR) is 210 cm³/mol. The summed E-state index contributed by atoms with van der Waals surface area (Å²) < 4.78 is 2.20. The van der Waals surface area contributed by atoms with E-state index in [0.717, 1.165) is 55.6 Å². The molecule has 5 nitrogen and oxygen atoms in total. The average molecular weight is 656 g/mol. The standard InChI is InChI=1S/C46H33N5/c1-32-18-14-15-27-37(32)39-30-40-38-28-16-17-29-41(38)51(43(40)31-42(39)50(35-23-10-4-11-24-35)36-25-12-5-13-26-36)46-48-44(33-19-6-2-7-20-33)47-45(49-46)34-21-8-3-9-22-34/h2-31H,1H3. The first-order valence-corrected chi connectivity index (χ1v) is 17.1. The van der Waals surface area contributed by atoms with Crippen molar-refractivity contribution in [3.8, 4) is 39.9 Å². The van der Waals surface area contributed by atoms with E-state index < -0.39 is 0 Å². The third-order valence-corrected chi connectivity index (χ3v) is 9.38. The van der Waals surface area contributed by atoms with E-state index in [2.05, 4.69) is 138 Å². The molecule has 9 aromatic rings. The van der Waals surface area contributed by atoms with Gasteiger partial charge in [-0.1, -0.05) is 140 Å². The van der Waals surface area contributed by atoms with Crippen molar-refractivity contribution in [1.82, 2.24) is 19.5 Å². The van der Waals surface area contributed by atoms with Crippen LogP contribution in [0.1, 0.15) is 5.56 Å². The number of para-hydroxylation sites is 3. The van der Waals surface area contributed by atoms with Crippen molar-refractivity contribution in [3.05, 3.63) is 188 Å². The molecule has 0 unspecified atom stereocenters. The van der Waals surface area contributed by atoms with Gasteiger partial charge < -0.3 is 4.90 Å². The van der Waals surface area contributed by atoms with Crippen LogP contribution in [0.5, 0.6) is 0 Å². The van der Waals surface area contributed by atoms with Gasteiger partial charge in [-0.2, -0.15) is 9.97 Å². The number of hydrogen-bond acceptors (Lipinski definition) is 4. The first-order chi connectivity index (χ1) is 25.2. The Bertz CT molecular complexity index is 2540. The topological polar surface area (TPSA) is 46.8 Å². The average Bonchev–Trinajstić information content (AvgIpc) is 3.52. The molecule has 0 spiro atoms. The van der Waals surface area contributed by atoms with Crippen LogP contribution in [0.25, 0.3) is 61.7 Å². The first-order valence-electron chi connectivity index (χ1n) is 17.1. The van der Waals surface area contributed by atoms with Crippen LogP contribution in [0.15, 0.2) is 182 Å². The molecule has 0 radical (unpaired) electrons. The molecule has 2 aromatic heterocycles. The van der Waals surface area contributed by atoms with Crippen LogP contribution < -0.4 is 4.90 Å². The first kappa shape index (κ1) is 30.2. The van der Waals surface area contributed by atoms with Gasteiger partial charge in [0.15, 0.2) is 11.6 Å². The quantitative estimate of drug-likeness (QED) is 0.171. The highest BCUT2D eigenvalue weighted by atomic mass is 15.2. The Kier molecular flexibility index (Phi) is 7.63. The number of hydrogen-bond donors (Lipinski definition) is 0. The van der Waals surface area contributed by atoms with E-state index in [1.54, 1.807) is 0 Å². The Balaban J connectivity index is 1.40. The van der Waals surface area contributed by atoms with E-state index >= 15 is 0 Å². The van der Waals surface area contributed by atoms with Crippen molar-refractivity contribution in [1.29, 1.82) is 0 Å². The molecular formula is C46H33N5. The van der Waals surface area contributed by atoms with Crippen LogP contribution in [-0.4, -0.2) is 19.5 Å². The van der Waals surface area contributed by atoms with Gasteiger partial charge in [-0.25, -0.2) is 4.98 Å². The molecule has 7 aromatic carbocycles. The van der Waals surface area contributed by atoms with E-state index in [1.807, 2.05) is 60.7 Å². The zero-order chi connectivity index (χ0) is 34.1. The highest BCUT2D eigenvalue weighted by molar-refractivity contribution is 6.13. The molecule has 51 heavy (non-hydrogen) atoms. The smallest absolute Gasteiger partial charge is 0.238 e. The van der Waals surface area contributed by atoms with Crippen LogP contribution >= 0.6 is 0 Å². The monoisotopic (exact) mass is 655 g/mol. The zero-order valence-electron chi connectivity index (χ0n) is 28.1. The van der Waals surface area contributed by atoms with Crippen molar-refractivity contribution in [3.63, 3.8) is 0 Å². The Labute approximate surface area is 296 Å². The zero-order valence-corrected chi connectivity index (χ0v) is 28.1. The van der Waals surface area contributed by atoms with E-state index in [0.29, 0.717) is 17.6 Å². The number of nitrogens with zero attached hydrogens (tertiary/aromatic N) is 5. The maximum atomic E-state index is 5.18. The summed E-state index contributed by atoms with van der Waals surface area (Å²) in [7, 11) is 0. The minimum absolute atomic E-state index is 0.564. The molecule has 2 heterocycles. The summed E-state index contributed by atoms with van der Waals surface area (Å²) in [6, 6.07) is 63.2. The molecule has 242 valence electrons. The second-order valence-corrected chi connectivity index (χ2v) is 12.6. The van der Waals surface area contributed by atoms with Crippen LogP contribution in [0.3, 0.4) is 0 Å². The van der Waals surface area contributed by atoms with Gasteiger partial charge in [0.05, 0.1) is 16.7 Å². The minimum atomic E-state index is 0.564. The molecule has 0 fully saturated rings. The number of anilines is 3. The largest absolute Gasteiger partial charge is 0.310 e. The molecule has 0 amide bonds. The Morgan fingerprint density at radius 1 is 0.431 bits per heavy atom. The number of fused-ring (bicyclic) bond motifs is 3. The maximum absolute atomic E-state index is 5.18. The van der Waals surface area contributed by atoms with Gasteiger partial charge in [-0.3, -0.25) is 4.57 Å². The van der Waals surface area contributed by atoms with E-state index in [-0.39, 0.29) is 0 Å². The van der Waals surface area contributed by atoms with Crippen molar-refractivity contribution >= 4 is 38.9 Å².